The molecule has 11 rings (SSSR count). The first kappa shape index (κ1) is 28.8. The maximum Gasteiger partial charge on any atom is 0.235 e. The van der Waals surface area contributed by atoms with Gasteiger partial charge in [0.15, 0.2) is 0 Å². The highest BCUT2D eigenvalue weighted by Crippen LogP contribution is 2.39. The fourth-order valence-electron chi connectivity index (χ4n) is 8.14. The average molecular weight is 663 g/mol. The summed E-state index contributed by atoms with van der Waals surface area (Å²) in [6.45, 7) is 0. The summed E-state index contributed by atoms with van der Waals surface area (Å²) in [7, 11) is 0. The summed E-state index contributed by atoms with van der Waals surface area (Å²) in [5, 5.41) is 8.13. The first-order valence-electron chi connectivity index (χ1n) is 17.7. The van der Waals surface area contributed by atoms with Crippen LogP contribution in [0.1, 0.15) is 0 Å². The highest BCUT2D eigenvalue weighted by molar-refractivity contribution is 6.13. The van der Waals surface area contributed by atoms with Gasteiger partial charge in [-0.05, 0) is 65.0 Å². The van der Waals surface area contributed by atoms with Gasteiger partial charge in [-0.1, -0.05) is 133 Å². The summed E-state index contributed by atoms with van der Waals surface area (Å²) in [5.74, 6) is 0.660. The molecule has 8 aromatic carbocycles. The lowest BCUT2D eigenvalue weighted by atomic mass is 10.0. The van der Waals surface area contributed by atoms with Gasteiger partial charge in [0, 0.05) is 43.6 Å². The second kappa shape index (κ2) is 11.2. The lowest BCUT2D eigenvalue weighted by Gasteiger charge is -2.13. The van der Waals surface area contributed by atoms with Crippen molar-refractivity contribution in [1.29, 1.82) is 0 Å². The second-order valence-corrected chi connectivity index (χ2v) is 13.4. The largest absolute Gasteiger partial charge is 0.309 e. The Morgan fingerprint density at radius 3 is 1.71 bits per heavy atom. The summed E-state index contributed by atoms with van der Waals surface area (Å²) >= 11 is 0. The van der Waals surface area contributed by atoms with Gasteiger partial charge in [-0.3, -0.25) is 4.57 Å². The van der Waals surface area contributed by atoms with Crippen molar-refractivity contribution in [1.82, 2.24) is 19.1 Å². The van der Waals surface area contributed by atoms with E-state index in [0.717, 1.165) is 60.8 Å². The Bertz CT molecular complexity index is 3170. The van der Waals surface area contributed by atoms with Crippen LogP contribution in [0.15, 0.2) is 182 Å². The standard InChI is InChI=1S/C48H30N4/c1-3-14-32(15-4-1)46-40-27-23-31-13-7-8-18-36(31)47(40)50-48(49-46)52-43-22-12-9-19-37(43)39-26-24-34(30-45(39)52)33-25-28-44-41(29-33)38-20-10-11-21-42(38)51(44)35-16-5-2-6-17-35/h1-30H. The molecule has 4 nitrogen and oxygen atoms in total. The fourth-order valence-corrected chi connectivity index (χ4v) is 8.14. The van der Waals surface area contributed by atoms with Gasteiger partial charge in [-0.25, -0.2) is 9.97 Å². The van der Waals surface area contributed by atoms with Crippen LogP contribution in [0.4, 0.5) is 0 Å². The van der Waals surface area contributed by atoms with Crippen LogP contribution in [0.2, 0.25) is 0 Å². The van der Waals surface area contributed by atoms with Crippen LogP contribution in [-0.4, -0.2) is 19.1 Å². The van der Waals surface area contributed by atoms with E-state index in [0.29, 0.717) is 5.95 Å². The molecule has 0 saturated heterocycles. The molecule has 0 saturated carbocycles. The summed E-state index contributed by atoms with van der Waals surface area (Å²) in [5.41, 5.74) is 10.9. The van der Waals surface area contributed by atoms with Crippen LogP contribution in [0.3, 0.4) is 0 Å². The third-order valence-corrected chi connectivity index (χ3v) is 10.5. The van der Waals surface area contributed by atoms with Crippen molar-refractivity contribution in [2.24, 2.45) is 0 Å². The number of rotatable bonds is 4. The molecule has 242 valence electrons. The van der Waals surface area contributed by atoms with Crippen molar-refractivity contribution >= 4 is 65.3 Å². The number of aromatic nitrogens is 4. The van der Waals surface area contributed by atoms with Crippen molar-refractivity contribution in [3.63, 3.8) is 0 Å². The Morgan fingerprint density at radius 2 is 0.904 bits per heavy atom. The van der Waals surface area contributed by atoms with E-state index >= 15 is 0 Å². The minimum atomic E-state index is 0.660. The molecule has 0 radical (unpaired) electrons. The van der Waals surface area contributed by atoms with E-state index in [2.05, 4.69) is 191 Å². The number of hydrogen-bond acceptors (Lipinski definition) is 2. The molecule has 0 atom stereocenters. The molecule has 0 unspecified atom stereocenters. The molecule has 0 aliphatic carbocycles. The molecule has 0 fully saturated rings. The van der Waals surface area contributed by atoms with Gasteiger partial charge in [-0.2, -0.15) is 0 Å². The Morgan fingerprint density at radius 1 is 0.327 bits per heavy atom. The molecule has 11 aromatic rings. The summed E-state index contributed by atoms with van der Waals surface area (Å²) < 4.78 is 4.61. The number of nitrogens with zero attached hydrogens (tertiary/aromatic N) is 4. The zero-order chi connectivity index (χ0) is 34.2. The van der Waals surface area contributed by atoms with Crippen LogP contribution in [-0.2, 0) is 0 Å². The van der Waals surface area contributed by atoms with E-state index in [1.165, 1.54) is 32.6 Å². The van der Waals surface area contributed by atoms with Gasteiger partial charge in [0.2, 0.25) is 5.95 Å². The first-order valence-corrected chi connectivity index (χ1v) is 17.7. The average Bonchev–Trinajstić information content (AvgIpc) is 3.73. The zero-order valence-corrected chi connectivity index (χ0v) is 28.1. The lowest BCUT2D eigenvalue weighted by Crippen LogP contribution is -2.04. The molecule has 0 bridgehead atoms. The van der Waals surface area contributed by atoms with Crippen LogP contribution in [0.25, 0.3) is 99.3 Å². The van der Waals surface area contributed by atoms with Gasteiger partial charge in [0.05, 0.1) is 33.3 Å². The van der Waals surface area contributed by atoms with Crippen LogP contribution in [0.5, 0.6) is 0 Å². The molecular weight excluding hydrogens is 633 g/mol. The van der Waals surface area contributed by atoms with Gasteiger partial charge in [-0.15, -0.1) is 0 Å². The van der Waals surface area contributed by atoms with Crippen molar-refractivity contribution in [3.05, 3.63) is 182 Å². The zero-order valence-electron chi connectivity index (χ0n) is 28.1. The third kappa shape index (κ3) is 4.28. The summed E-state index contributed by atoms with van der Waals surface area (Å²) in [6, 6.07) is 64.9. The number of fused-ring (bicyclic) bond motifs is 9. The van der Waals surface area contributed by atoms with E-state index < -0.39 is 0 Å². The van der Waals surface area contributed by atoms with E-state index in [1.54, 1.807) is 0 Å². The van der Waals surface area contributed by atoms with Crippen LogP contribution >= 0.6 is 0 Å². The molecule has 0 spiro atoms. The number of benzene rings is 8. The van der Waals surface area contributed by atoms with Gasteiger partial charge < -0.3 is 4.57 Å². The minimum Gasteiger partial charge on any atom is -0.309 e. The molecule has 52 heavy (non-hydrogen) atoms. The summed E-state index contributed by atoms with van der Waals surface area (Å²) in [4.78, 5) is 10.8. The SMILES string of the molecule is c1ccc(-c2nc(-n3c4ccccc4c4ccc(-c5ccc6c(c5)c5ccccc5n6-c5ccccc5)cc43)nc3c2ccc2ccccc23)cc1. The molecule has 0 aliphatic heterocycles. The predicted octanol–water partition coefficient (Wildman–Crippen LogP) is 12.3. The molecule has 0 amide bonds. The topological polar surface area (TPSA) is 35.6 Å². The highest BCUT2D eigenvalue weighted by atomic mass is 15.2. The van der Waals surface area contributed by atoms with Gasteiger partial charge >= 0.3 is 0 Å². The minimum absolute atomic E-state index is 0.660. The van der Waals surface area contributed by atoms with E-state index in [-0.39, 0.29) is 0 Å². The Balaban J connectivity index is 1.18. The van der Waals surface area contributed by atoms with Crippen molar-refractivity contribution in [3.8, 4) is 34.0 Å². The van der Waals surface area contributed by atoms with E-state index in [9.17, 15) is 0 Å². The van der Waals surface area contributed by atoms with Gasteiger partial charge in [0.25, 0.3) is 0 Å². The Labute approximate surface area is 299 Å². The second-order valence-electron chi connectivity index (χ2n) is 13.4. The normalized spacial score (nSPS) is 11.8. The van der Waals surface area contributed by atoms with Gasteiger partial charge in [0.1, 0.15) is 0 Å². The van der Waals surface area contributed by atoms with Crippen molar-refractivity contribution < 1.29 is 0 Å². The first-order chi connectivity index (χ1) is 25.8. The summed E-state index contributed by atoms with van der Waals surface area (Å²) in [6.07, 6.45) is 0. The molecule has 4 heteroatoms. The van der Waals surface area contributed by atoms with Crippen molar-refractivity contribution in [2.45, 2.75) is 0 Å². The maximum absolute atomic E-state index is 5.39. The van der Waals surface area contributed by atoms with E-state index in [4.69, 9.17) is 9.97 Å². The maximum atomic E-state index is 5.39. The number of hydrogen-bond donors (Lipinski definition) is 0. The fraction of sp³-hybridized carbons (Fsp3) is 0. The third-order valence-electron chi connectivity index (χ3n) is 10.5. The smallest absolute Gasteiger partial charge is 0.235 e. The van der Waals surface area contributed by atoms with E-state index in [1.807, 2.05) is 0 Å². The van der Waals surface area contributed by atoms with Crippen molar-refractivity contribution in [2.75, 3.05) is 0 Å². The lowest BCUT2D eigenvalue weighted by molar-refractivity contribution is 1.02. The molecule has 0 N–H and O–H groups in total. The Kier molecular flexibility index (Phi) is 6.22. The molecule has 3 heterocycles. The quantitative estimate of drug-likeness (QED) is 0.176. The monoisotopic (exact) mass is 662 g/mol. The molecular formula is C48H30N4. The predicted molar refractivity (Wildman–Crippen MR) is 217 cm³/mol. The Hall–Kier alpha value is -7.04. The molecule has 0 aliphatic rings. The van der Waals surface area contributed by atoms with Crippen LogP contribution < -0.4 is 0 Å². The highest BCUT2D eigenvalue weighted by Gasteiger charge is 2.19. The number of para-hydroxylation sites is 3. The van der Waals surface area contributed by atoms with Crippen LogP contribution in [0, 0.1) is 0 Å². The molecule has 3 aromatic heterocycles.